The summed E-state index contributed by atoms with van der Waals surface area (Å²) in [6.45, 7) is 1.96. The molecule has 1 radical (unpaired) electrons. The molecule has 0 atom stereocenters. The molecule has 0 saturated carbocycles. The van der Waals surface area contributed by atoms with Crippen LogP contribution in [0.4, 0.5) is 0 Å². The van der Waals surface area contributed by atoms with Crippen LogP contribution in [0.1, 0.15) is 16.7 Å². The van der Waals surface area contributed by atoms with Gasteiger partial charge in [-0.15, -0.1) is 0 Å². The molecule has 0 aliphatic rings. The molecule has 0 bridgehead atoms. The van der Waals surface area contributed by atoms with Gasteiger partial charge < -0.3 is 9.84 Å². The zero-order valence-electron chi connectivity index (χ0n) is 11.1. The molecule has 0 aliphatic heterocycles. The van der Waals surface area contributed by atoms with Gasteiger partial charge in [0.05, 0.1) is 7.11 Å². The third kappa shape index (κ3) is 4.81. The summed E-state index contributed by atoms with van der Waals surface area (Å²) in [6, 6.07) is 13.3. The van der Waals surface area contributed by atoms with Crippen LogP contribution in [0.5, 0.6) is 11.5 Å². The summed E-state index contributed by atoms with van der Waals surface area (Å²) in [5.74, 6) is 1.14. The van der Waals surface area contributed by atoms with Crippen LogP contribution in [0.25, 0.3) is 12.2 Å². The Morgan fingerprint density at radius 1 is 0.947 bits per heavy atom. The molecule has 1 N–H and O–H groups in total. The van der Waals surface area contributed by atoms with Crippen molar-refractivity contribution in [1.82, 2.24) is 0 Å². The molecule has 3 heteroatoms. The predicted octanol–water partition coefficient (Wildman–Crippen LogP) is 3.88. The Labute approximate surface area is 139 Å². The Kier molecular flexibility index (Phi) is 6.26. The molecule has 0 aliphatic carbocycles. The van der Waals surface area contributed by atoms with Crippen molar-refractivity contribution in [2.24, 2.45) is 0 Å². The van der Waals surface area contributed by atoms with Crippen molar-refractivity contribution in [2.45, 2.75) is 6.92 Å². The van der Waals surface area contributed by atoms with Gasteiger partial charge in [0.15, 0.2) is 0 Å². The van der Waals surface area contributed by atoms with Crippen molar-refractivity contribution in [2.75, 3.05) is 7.11 Å². The first kappa shape index (κ1) is 15.9. The Balaban J connectivity index is 0.00000180. The van der Waals surface area contributed by atoms with Crippen LogP contribution in [0, 0.1) is 6.92 Å². The maximum Gasteiger partial charge on any atom is 0.118 e. The van der Waals surface area contributed by atoms with E-state index < -0.39 is 0 Å². The molecule has 0 unspecified atom stereocenters. The van der Waals surface area contributed by atoms with Gasteiger partial charge in [0.1, 0.15) is 11.5 Å². The normalized spacial score (nSPS) is 10.2. The quantitative estimate of drug-likeness (QED) is 0.866. The second kappa shape index (κ2) is 7.47. The molecule has 0 spiro atoms. The van der Waals surface area contributed by atoms with Crippen molar-refractivity contribution < 1.29 is 42.6 Å². The number of aryl methyl sites for hydroxylation is 1. The summed E-state index contributed by atoms with van der Waals surface area (Å²) in [6.07, 6.45) is 3.99. The molecule has 0 saturated heterocycles. The Morgan fingerprint density at radius 2 is 1.58 bits per heavy atom. The molecular formula is C16H16O2Y. The summed E-state index contributed by atoms with van der Waals surface area (Å²) in [5, 5.41) is 9.51. The van der Waals surface area contributed by atoms with E-state index in [1.54, 1.807) is 19.2 Å². The zero-order chi connectivity index (χ0) is 13.0. The summed E-state index contributed by atoms with van der Waals surface area (Å²) < 4.78 is 5.11. The number of rotatable bonds is 3. The molecule has 2 nitrogen and oxygen atoms in total. The fourth-order valence-corrected chi connectivity index (χ4v) is 1.80. The van der Waals surface area contributed by atoms with Gasteiger partial charge in [-0.2, -0.15) is 0 Å². The van der Waals surface area contributed by atoms with E-state index in [1.165, 1.54) is 0 Å². The summed E-state index contributed by atoms with van der Waals surface area (Å²) in [4.78, 5) is 0. The van der Waals surface area contributed by atoms with Gasteiger partial charge in [0.2, 0.25) is 0 Å². The van der Waals surface area contributed by atoms with Crippen molar-refractivity contribution >= 4 is 12.2 Å². The number of methoxy groups -OCH3 is 1. The number of hydrogen-bond donors (Lipinski definition) is 1. The van der Waals surface area contributed by atoms with Gasteiger partial charge in [0, 0.05) is 32.7 Å². The van der Waals surface area contributed by atoms with E-state index >= 15 is 0 Å². The predicted molar refractivity (Wildman–Crippen MR) is 74.8 cm³/mol. The Morgan fingerprint density at radius 3 is 2.16 bits per heavy atom. The van der Waals surface area contributed by atoms with Gasteiger partial charge in [-0.05, 0) is 47.9 Å². The molecule has 0 heterocycles. The number of phenols is 1. The minimum atomic E-state index is 0. The van der Waals surface area contributed by atoms with Crippen LogP contribution < -0.4 is 4.74 Å². The fourth-order valence-electron chi connectivity index (χ4n) is 1.80. The van der Waals surface area contributed by atoms with E-state index in [2.05, 4.69) is 0 Å². The summed E-state index contributed by atoms with van der Waals surface area (Å²) in [5.41, 5.74) is 3.13. The summed E-state index contributed by atoms with van der Waals surface area (Å²) >= 11 is 0. The maximum absolute atomic E-state index is 9.51. The number of ether oxygens (including phenoxy) is 1. The second-order valence-electron chi connectivity index (χ2n) is 4.21. The first-order chi connectivity index (χ1) is 8.67. The summed E-state index contributed by atoms with van der Waals surface area (Å²) in [7, 11) is 1.65. The first-order valence-electron chi connectivity index (χ1n) is 5.80. The minimum Gasteiger partial charge on any atom is -0.508 e. The average Bonchev–Trinajstić information content (AvgIpc) is 2.36. The zero-order valence-corrected chi connectivity index (χ0v) is 14.0. The van der Waals surface area contributed by atoms with E-state index in [0.717, 1.165) is 22.4 Å². The molecule has 95 valence electrons. The maximum atomic E-state index is 9.51. The van der Waals surface area contributed by atoms with Crippen LogP contribution in [-0.2, 0) is 32.7 Å². The van der Waals surface area contributed by atoms with Crippen LogP contribution >= 0.6 is 0 Å². The van der Waals surface area contributed by atoms with Crippen molar-refractivity contribution in [3.8, 4) is 11.5 Å². The Hall–Kier alpha value is -1.12. The molecule has 2 aromatic rings. The smallest absolute Gasteiger partial charge is 0.118 e. The number of aromatic hydroxyl groups is 1. The molecule has 0 amide bonds. The average molecular weight is 329 g/mol. The molecule has 2 rings (SSSR count). The largest absolute Gasteiger partial charge is 0.508 e. The standard InChI is InChI=1S/C16H16O2.Y/c1-12-9-14(11-15(17)10-12)4-3-13-5-7-16(18-2)8-6-13;/h3-11,17H,1-2H3;/b4-3-;. The van der Waals surface area contributed by atoms with E-state index in [4.69, 9.17) is 4.74 Å². The van der Waals surface area contributed by atoms with Crippen LogP contribution in [-0.4, -0.2) is 12.2 Å². The van der Waals surface area contributed by atoms with Crippen molar-refractivity contribution in [3.05, 3.63) is 59.2 Å². The molecule has 2 aromatic carbocycles. The monoisotopic (exact) mass is 329 g/mol. The number of benzene rings is 2. The molecule has 19 heavy (non-hydrogen) atoms. The Bertz CT molecular complexity index is 539. The minimum absolute atomic E-state index is 0. The second-order valence-corrected chi connectivity index (χ2v) is 4.21. The van der Waals surface area contributed by atoms with Gasteiger partial charge in [0.25, 0.3) is 0 Å². The first-order valence-corrected chi connectivity index (χ1v) is 5.80. The van der Waals surface area contributed by atoms with Gasteiger partial charge in [-0.3, -0.25) is 0 Å². The van der Waals surface area contributed by atoms with Gasteiger partial charge in [-0.25, -0.2) is 0 Å². The molecule has 0 fully saturated rings. The van der Waals surface area contributed by atoms with Crippen molar-refractivity contribution in [1.29, 1.82) is 0 Å². The SMILES string of the molecule is COc1ccc(/C=C\c2cc(C)cc(O)c2)cc1.[Y]. The fraction of sp³-hybridized carbons (Fsp3) is 0.125. The number of phenolic OH excluding ortho intramolecular Hbond substituents is 1. The van der Waals surface area contributed by atoms with E-state index in [0.29, 0.717) is 5.75 Å². The third-order valence-corrected chi connectivity index (χ3v) is 2.67. The third-order valence-electron chi connectivity index (χ3n) is 2.67. The molecule has 0 aromatic heterocycles. The van der Waals surface area contributed by atoms with Gasteiger partial charge >= 0.3 is 0 Å². The van der Waals surface area contributed by atoms with E-state index in [-0.39, 0.29) is 32.7 Å². The topological polar surface area (TPSA) is 29.5 Å². The van der Waals surface area contributed by atoms with Crippen LogP contribution in [0.2, 0.25) is 0 Å². The molecular weight excluding hydrogens is 313 g/mol. The van der Waals surface area contributed by atoms with E-state index in [1.807, 2.05) is 49.4 Å². The number of hydrogen-bond acceptors (Lipinski definition) is 2. The van der Waals surface area contributed by atoms with Crippen LogP contribution in [0.15, 0.2) is 42.5 Å². The van der Waals surface area contributed by atoms with Crippen molar-refractivity contribution in [3.63, 3.8) is 0 Å². The van der Waals surface area contributed by atoms with Crippen LogP contribution in [0.3, 0.4) is 0 Å². The van der Waals surface area contributed by atoms with Gasteiger partial charge in [-0.1, -0.05) is 30.4 Å². The van der Waals surface area contributed by atoms with E-state index in [9.17, 15) is 5.11 Å².